The molecule has 3 aromatic rings. The third-order valence-electron chi connectivity index (χ3n) is 5.40. The summed E-state index contributed by atoms with van der Waals surface area (Å²) in [6.45, 7) is 3.30. The van der Waals surface area contributed by atoms with E-state index in [2.05, 4.69) is 15.0 Å². The van der Waals surface area contributed by atoms with Crippen molar-refractivity contribution in [3.05, 3.63) is 77.4 Å². The van der Waals surface area contributed by atoms with Crippen LogP contribution in [-0.4, -0.2) is 46.0 Å². The average molecular weight is 446 g/mol. The number of hydrogen-bond acceptors (Lipinski definition) is 5. The van der Waals surface area contributed by atoms with Gasteiger partial charge in [-0.1, -0.05) is 6.07 Å². The van der Waals surface area contributed by atoms with Gasteiger partial charge in [0, 0.05) is 45.0 Å². The highest BCUT2D eigenvalue weighted by molar-refractivity contribution is 5.29. The molecule has 3 heterocycles. The van der Waals surface area contributed by atoms with Gasteiger partial charge in [0.05, 0.1) is 30.2 Å². The molecule has 1 saturated heterocycles. The van der Waals surface area contributed by atoms with Crippen LogP contribution in [0.25, 0.3) is 0 Å². The van der Waals surface area contributed by atoms with E-state index in [1.165, 1.54) is 12.1 Å². The number of ether oxygens (including phenoxy) is 2. The first kappa shape index (κ1) is 22.3. The Morgan fingerprint density at radius 1 is 1.16 bits per heavy atom. The molecular weight excluding hydrogens is 421 g/mol. The molecule has 0 N–H and O–H groups in total. The van der Waals surface area contributed by atoms with E-state index in [4.69, 9.17) is 9.47 Å². The summed E-state index contributed by atoms with van der Waals surface area (Å²) in [5, 5.41) is 4.61. The molecule has 32 heavy (non-hydrogen) atoms. The number of aromatic nitrogens is 3. The van der Waals surface area contributed by atoms with E-state index in [-0.39, 0.29) is 6.10 Å². The summed E-state index contributed by atoms with van der Waals surface area (Å²) in [6.07, 6.45) is -2.10. The van der Waals surface area contributed by atoms with Gasteiger partial charge in [0.2, 0.25) is 0 Å². The molecule has 0 aliphatic carbocycles. The van der Waals surface area contributed by atoms with Crippen LogP contribution in [0.3, 0.4) is 0 Å². The lowest BCUT2D eigenvalue weighted by Gasteiger charge is -2.31. The number of benzene rings is 1. The van der Waals surface area contributed by atoms with E-state index in [0.29, 0.717) is 25.4 Å². The number of rotatable bonds is 7. The largest absolute Gasteiger partial charge is 0.493 e. The minimum Gasteiger partial charge on any atom is -0.493 e. The molecule has 1 aromatic carbocycles. The maximum atomic E-state index is 12.7. The molecule has 0 unspecified atom stereocenters. The predicted molar refractivity (Wildman–Crippen MR) is 112 cm³/mol. The highest BCUT2D eigenvalue weighted by atomic mass is 19.4. The number of nitrogens with zero attached hydrogens (tertiary/aromatic N) is 4. The van der Waals surface area contributed by atoms with Gasteiger partial charge in [-0.15, -0.1) is 0 Å². The summed E-state index contributed by atoms with van der Waals surface area (Å²) in [6, 6.07) is 12.6. The van der Waals surface area contributed by atoms with Crippen molar-refractivity contribution in [2.75, 3.05) is 26.3 Å². The minimum absolute atomic E-state index is 0.122. The second-order valence-corrected chi connectivity index (χ2v) is 7.72. The topological polar surface area (TPSA) is 52.4 Å². The smallest absolute Gasteiger partial charge is 0.416 e. The maximum Gasteiger partial charge on any atom is 0.416 e. The molecule has 0 spiro atoms. The molecule has 0 radical (unpaired) electrons. The fraction of sp³-hybridized carbons (Fsp3) is 0.391. The lowest BCUT2D eigenvalue weighted by atomic mass is 10.1. The normalized spacial score (nSPS) is 17.4. The fourth-order valence-electron chi connectivity index (χ4n) is 3.68. The lowest BCUT2D eigenvalue weighted by molar-refractivity contribution is -0.137. The highest BCUT2D eigenvalue weighted by Gasteiger charge is 2.30. The van der Waals surface area contributed by atoms with Crippen LogP contribution >= 0.6 is 0 Å². The summed E-state index contributed by atoms with van der Waals surface area (Å²) in [7, 11) is 1.87. The van der Waals surface area contributed by atoms with Crippen LogP contribution in [0, 0.1) is 0 Å². The molecule has 9 heteroatoms. The molecule has 4 rings (SSSR count). The molecule has 6 nitrogen and oxygen atoms in total. The van der Waals surface area contributed by atoms with Crippen LogP contribution in [-0.2, 0) is 30.9 Å². The number of pyridine rings is 1. The van der Waals surface area contributed by atoms with Crippen molar-refractivity contribution in [2.24, 2.45) is 7.05 Å². The number of hydrogen-bond donors (Lipinski definition) is 0. The summed E-state index contributed by atoms with van der Waals surface area (Å²) < 4.78 is 51.3. The molecule has 1 atom stereocenters. The van der Waals surface area contributed by atoms with Crippen molar-refractivity contribution in [3.63, 3.8) is 0 Å². The first-order valence-electron chi connectivity index (χ1n) is 10.5. The van der Waals surface area contributed by atoms with E-state index >= 15 is 0 Å². The molecular formula is C23H25F3N4O2. The van der Waals surface area contributed by atoms with E-state index in [1.54, 1.807) is 10.9 Å². The van der Waals surface area contributed by atoms with Crippen LogP contribution < -0.4 is 4.74 Å². The van der Waals surface area contributed by atoms with E-state index in [1.807, 2.05) is 31.3 Å². The highest BCUT2D eigenvalue weighted by Crippen LogP contribution is 2.30. The van der Waals surface area contributed by atoms with Gasteiger partial charge in [0.1, 0.15) is 11.9 Å². The van der Waals surface area contributed by atoms with Crippen molar-refractivity contribution in [1.29, 1.82) is 0 Å². The lowest BCUT2D eigenvalue weighted by Crippen LogP contribution is -2.38. The van der Waals surface area contributed by atoms with E-state index < -0.39 is 11.7 Å². The zero-order valence-electron chi connectivity index (χ0n) is 17.8. The molecule has 0 amide bonds. The Kier molecular flexibility index (Phi) is 6.76. The Hall–Kier alpha value is -2.91. The van der Waals surface area contributed by atoms with Crippen LogP contribution in [0.2, 0.25) is 0 Å². The zero-order chi connectivity index (χ0) is 22.6. The van der Waals surface area contributed by atoms with E-state index in [9.17, 15) is 13.2 Å². The maximum absolute atomic E-state index is 12.7. The van der Waals surface area contributed by atoms with Gasteiger partial charge in [-0.3, -0.25) is 14.6 Å². The second kappa shape index (κ2) is 9.70. The van der Waals surface area contributed by atoms with Crippen molar-refractivity contribution < 1.29 is 22.6 Å². The second-order valence-electron chi connectivity index (χ2n) is 7.72. The van der Waals surface area contributed by atoms with Crippen molar-refractivity contribution in [3.8, 4) is 5.75 Å². The number of morpholine rings is 1. The summed E-state index contributed by atoms with van der Waals surface area (Å²) >= 11 is 0. The number of alkyl halides is 3. The van der Waals surface area contributed by atoms with Gasteiger partial charge in [0.25, 0.3) is 0 Å². The van der Waals surface area contributed by atoms with Crippen molar-refractivity contribution in [2.45, 2.75) is 25.2 Å². The molecule has 0 bridgehead atoms. The molecule has 1 fully saturated rings. The van der Waals surface area contributed by atoms with Crippen molar-refractivity contribution >= 4 is 0 Å². The quantitative estimate of drug-likeness (QED) is 0.549. The molecule has 1 aliphatic heterocycles. The summed E-state index contributed by atoms with van der Waals surface area (Å²) in [5.41, 5.74) is 2.17. The Balaban J connectivity index is 1.31. The monoisotopic (exact) mass is 446 g/mol. The first-order chi connectivity index (χ1) is 15.4. The SMILES string of the molecule is Cn1nc([C@H]2CN(Cc3ccccn3)CCO2)cc1CCOc1ccc(C(F)(F)F)cc1. The van der Waals surface area contributed by atoms with Gasteiger partial charge in [-0.2, -0.15) is 18.3 Å². The molecule has 2 aromatic heterocycles. The molecule has 0 saturated carbocycles. The Morgan fingerprint density at radius 3 is 2.69 bits per heavy atom. The summed E-state index contributed by atoms with van der Waals surface area (Å²) in [4.78, 5) is 6.70. The van der Waals surface area contributed by atoms with Crippen LogP contribution in [0.4, 0.5) is 13.2 Å². The first-order valence-corrected chi connectivity index (χ1v) is 10.5. The van der Waals surface area contributed by atoms with Crippen molar-refractivity contribution in [1.82, 2.24) is 19.7 Å². The van der Waals surface area contributed by atoms with Gasteiger partial charge in [-0.25, -0.2) is 0 Å². The molecule has 170 valence electrons. The Morgan fingerprint density at radius 2 is 1.97 bits per heavy atom. The fourth-order valence-corrected chi connectivity index (χ4v) is 3.68. The minimum atomic E-state index is -4.35. The molecule has 1 aliphatic rings. The standard InChI is InChI=1S/C23H25F3N4O2/c1-29-19(9-12-31-20-7-5-17(6-8-20)23(24,25)26)14-21(28-29)22-16-30(11-13-32-22)15-18-4-2-3-10-27-18/h2-8,10,14,22H,9,11-13,15-16H2,1H3/t22-/m1/s1. The average Bonchev–Trinajstić information content (AvgIpc) is 3.15. The Labute approximate surface area is 184 Å². The van der Waals surface area contributed by atoms with Gasteiger partial charge in [-0.05, 0) is 42.5 Å². The van der Waals surface area contributed by atoms with Crippen LogP contribution in [0.1, 0.15) is 28.7 Å². The van der Waals surface area contributed by atoms with Gasteiger partial charge >= 0.3 is 6.18 Å². The Bertz CT molecular complexity index is 1010. The number of halogens is 3. The predicted octanol–water partition coefficient (Wildman–Crippen LogP) is 4.03. The van der Waals surface area contributed by atoms with Crippen LogP contribution in [0.5, 0.6) is 5.75 Å². The summed E-state index contributed by atoms with van der Waals surface area (Å²) in [5.74, 6) is 0.404. The zero-order valence-corrected chi connectivity index (χ0v) is 17.8. The third kappa shape index (κ3) is 5.66. The van der Waals surface area contributed by atoms with Gasteiger partial charge in [0.15, 0.2) is 0 Å². The third-order valence-corrected chi connectivity index (χ3v) is 5.40. The van der Waals surface area contributed by atoms with Crippen LogP contribution in [0.15, 0.2) is 54.7 Å². The van der Waals surface area contributed by atoms with E-state index in [0.717, 1.165) is 48.8 Å². The number of aryl methyl sites for hydroxylation is 1. The van der Waals surface area contributed by atoms with Gasteiger partial charge < -0.3 is 9.47 Å².